The van der Waals surface area contributed by atoms with Gasteiger partial charge in [0.25, 0.3) is 0 Å². The fraction of sp³-hybridized carbons (Fsp3) is 0.0400. The number of hydrogen-bond acceptors (Lipinski definition) is 1. The smallest absolute Gasteiger partial charge is 0.187 e. The number of aryl methyl sites for hydroxylation is 1. The zero-order valence-electron chi connectivity index (χ0n) is 15.3. The zero-order valence-corrected chi connectivity index (χ0v) is 16.2. The third-order valence-electron chi connectivity index (χ3n) is 5.34. The molecule has 0 aliphatic rings. The predicted molar refractivity (Wildman–Crippen MR) is 118 cm³/mol. The minimum Gasteiger partial charge on any atom is -0.302 e. The molecule has 1 atom stereocenters. The van der Waals surface area contributed by atoms with Crippen molar-refractivity contribution in [3.63, 3.8) is 0 Å². The largest absolute Gasteiger partial charge is 0.302 e. The first-order chi connectivity index (χ1) is 13.6. The van der Waals surface area contributed by atoms with Crippen molar-refractivity contribution in [3.8, 4) is 11.1 Å². The molecule has 5 rings (SSSR count). The Hall–Kier alpha value is -3.01. The third-order valence-corrected chi connectivity index (χ3v) is 6.13. The molecule has 0 saturated carbocycles. The Bertz CT molecular complexity index is 1350. The van der Waals surface area contributed by atoms with Crippen LogP contribution in [-0.2, 0) is 11.1 Å². The molecular formula is C25H18O2S. The molecule has 28 heavy (non-hydrogen) atoms. The van der Waals surface area contributed by atoms with Gasteiger partial charge in [0.05, 0.1) is 4.90 Å². The molecule has 2 nitrogen and oxygen atoms in total. The summed E-state index contributed by atoms with van der Waals surface area (Å²) in [5, 5.41) is 6.02. The van der Waals surface area contributed by atoms with Gasteiger partial charge in [0.1, 0.15) is 0 Å². The maximum absolute atomic E-state index is 12.2. The van der Waals surface area contributed by atoms with Gasteiger partial charge in [0.2, 0.25) is 0 Å². The standard InChI is InChI=1S/C25H18O2S/c1-16-10-11-18-15-19(13-12-17(18)14-16)24-20-6-2-4-8-22(20)25(28(26)27)23-9-5-3-7-21(23)24/h2-15H,1H3,(H,26,27). The van der Waals surface area contributed by atoms with Crippen molar-refractivity contribution in [1.29, 1.82) is 0 Å². The molecule has 0 bridgehead atoms. The molecular weight excluding hydrogens is 364 g/mol. The highest BCUT2D eigenvalue weighted by molar-refractivity contribution is 7.79. The van der Waals surface area contributed by atoms with Crippen LogP contribution in [0.15, 0.2) is 89.8 Å². The average molecular weight is 382 g/mol. The van der Waals surface area contributed by atoms with Crippen LogP contribution >= 0.6 is 0 Å². The summed E-state index contributed by atoms with van der Waals surface area (Å²) in [5.41, 5.74) is 3.45. The van der Waals surface area contributed by atoms with E-state index in [-0.39, 0.29) is 0 Å². The van der Waals surface area contributed by atoms with Crippen molar-refractivity contribution in [2.75, 3.05) is 0 Å². The Balaban J connectivity index is 1.95. The molecule has 0 fully saturated rings. The van der Waals surface area contributed by atoms with Crippen LogP contribution in [0.2, 0.25) is 0 Å². The quantitative estimate of drug-likeness (QED) is 0.272. The summed E-state index contributed by atoms with van der Waals surface area (Å²) in [6, 6.07) is 28.7. The molecule has 5 aromatic carbocycles. The number of benzene rings is 5. The maximum atomic E-state index is 12.2. The van der Waals surface area contributed by atoms with Crippen molar-refractivity contribution in [2.45, 2.75) is 11.8 Å². The Morgan fingerprint density at radius 1 is 0.679 bits per heavy atom. The van der Waals surface area contributed by atoms with E-state index in [1.807, 2.05) is 48.5 Å². The predicted octanol–water partition coefficient (Wildman–Crippen LogP) is 6.70. The van der Waals surface area contributed by atoms with Crippen molar-refractivity contribution in [1.82, 2.24) is 0 Å². The highest BCUT2D eigenvalue weighted by Gasteiger charge is 2.18. The normalized spacial score (nSPS) is 12.6. The minimum atomic E-state index is -2.07. The van der Waals surface area contributed by atoms with E-state index in [2.05, 4.69) is 43.3 Å². The van der Waals surface area contributed by atoms with Crippen LogP contribution < -0.4 is 0 Å². The lowest BCUT2D eigenvalue weighted by molar-refractivity contribution is 0.566. The molecule has 0 aliphatic heterocycles. The lowest BCUT2D eigenvalue weighted by atomic mass is 9.91. The fourth-order valence-corrected chi connectivity index (χ4v) is 4.84. The molecule has 5 aromatic rings. The second kappa shape index (κ2) is 6.55. The molecule has 1 N–H and O–H groups in total. The highest BCUT2D eigenvalue weighted by atomic mass is 32.2. The summed E-state index contributed by atoms with van der Waals surface area (Å²) in [4.78, 5) is 0.478. The van der Waals surface area contributed by atoms with Crippen molar-refractivity contribution < 1.29 is 8.76 Å². The summed E-state index contributed by atoms with van der Waals surface area (Å²) in [6.45, 7) is 2.10. The van der Waals surface area contributed by atoms with E-state index in [1.54, 1.807) is 0 Å². The van der Waals surface area contributed by atoms with E-state index in [4.69, 9.17) is 0 Å². The Morgan fingerprint density at radius 2 is 1.21 bits per heavy atom. The van der Waals surface area contributed by atoms with E-state index in [0.29, 0.717) is 4.90 Å². The van der Waals surface area contributed by atoms with E-state index in [1.165, 1.54) is 16.3 Å². The van der Waals surface area contributed by atoms with Gasteiger partial charge >= 0.3 is 0 Å². The van der Waals surface area contributed by atoms with Crippen molar-refractivity contribution in [3.05, 3.63) is 90.5 Å². The van der Waals surface area contributed by atoms with Crippen LogP contribution in [-0.4, -0.2) is 8.76 Å². The van der Waals surface area contributed by atoms with Gasteiger partial charge in [-0.3, -0.25) is 0 Å². The van der Waals surface area contributed by atoms with Crippen LogP contribution in [0, 0.1) is 6.92 Å². The number of rotatable bonds is 2. The highest BCUT2D eigenvalue weighted by Crippen LogP contribution is 2.41. The maximum Gasteiger partial charge on any atom is 0.187 e. The topological polar surface area (TPSA) is 37.3 Å². The Kier molecular flexibility index (Phi) is 4.00. The van der Waals surface area contributed by atoms with Crippen LogP contribution in [0.25, 0.3) is 43.4 Å². The van der Waals surface area contributed by atoms with Crippen molar-refractivity contribution >= 4 is 43.4 Å². The molecule has 0 aliphatic carbocycles. The molecule has 1 unspecified atom stereocenters. The third kappa shape index (κ3) is 2.63. The van der Waals surface area contributed by atoms with Crippen molar-refractivity contribution in [2.24, 2.45) is 0 Å². The fourth-order valence-electron chi connectivity index (χ4n) is 4.11. The van der Waals surface area contributed by atoms with Crippen LogP contribution in [0.3, 0.4) is 0 Å². The molecule has 136 valence electrons. The van der Waals surface area contributed by atoms with E-state index >= 15 is 0 Å². The van der Waals surface area contributed by atoms with Gasteiger partial charge < -0.3 is 4.55 Å². The van der Waals surface area contributed by atoms with Gasteiger partial charge in [-0.05, 0) is 45.7 Å². The molecule has 0 aromatic heterocycles. The van der Waals surface area contributed by atoms with Gasteiger partial charge in [-0.1, -0.05) is 84.4 Å². The molecule has 0 amide bonds. The number of hydrogen-bond donors (Lipinski definition) is 1. The van der Waals surface area contributed by atoms with Gasteiger partial charge in [-0.2, -0.15) is 0 Å². The Labute approximate surface area is 165 Å². The minimum absolute atomic E-state index is 0.478. The lowest BCUT2D eigenvalue weighted by Gasteiger charge is -2.16. The zero-order chi connectivity index (χ0) is 19.3. The second-order valence-corrected chi connectivity index (χ2v) is 8.02. The summed E-state index contributed by atoms with van der Waals surface area (Å²) >= 11 is -2.07. The molecule has 0 radical (unpaired) electrons. The monoisotopic (exact) mass is 382 g/mol. The van der Waals surface area contributed by atoms with E-state index in [0.717, 1.165) is 32.7 Å². The van der Waals surface area contributed by atoms with Gasteiger partial charge in [0, 0.05) is 10.8 Å². The van der Waals surface area contributed by atoms with Gasteiger partial charge in [-0.15, -0.1) is 0 Å². The summed E-state index contributed by atoms with van der Waals surface area (Å²) in [6.07, 6.45) is 0. The Morgan fingerprint density at radius 3 is 1.82 bits per heavy atom. The van der Waals surface area contributed by atoms with Gasteiger partial charge in [-0.25, -0.2) is 4.21 Å². The van der Waals surface area contributed by atoms with Crippen LogP contribution in [0.4, 0.5) is 0 Å². The van der Waals surface area contributed by atoms with E-state index < -0.39 is 11.1 Å². The SMILES string of the molecule is Cc1ccc2cc(-c3c4ccccc4c(S(=O)O)c4ccccc34)ccc2c1. The summed E-state index contributed by atoms with van der Waals surface area (Å²) in [5.74, 6) is 0. The van der Waals surface area contributed by atoms with Crippen LogP contribution in [0.1, 0.15) is 5.56 Å². The van der Waals surface area contributed by atoms with Gasteiger partial charge in [0.15, 0.2) is 11.1 Å². The molecule has 0 spiro atoms. The lowest BCUT2D eigenvalue weighted by Crippen LogP contribution is -1.95. The van der Waals surface area contributed by atoms with Crippen LogP contribution in [0.5, 0.6) is 0 Å². The molecule has 0 saturated heterocycles. The summed E-state index contributed by atoms with van der Waals surface area (Å²) in [7, 11) is 0. The second-order valence-electron chi connectivity index (χ2n) is 7.11. The average Bonchev–Trinajstić information content (AvgIpc) is 2.71. The molecule has 0 heterocycles. The first-order valence-corrected chi connectivity index (χ1v) is 10.3. The first kappa shape index (κ1) is 17.1. The molecule has 3 heteroatoms. The number of fused-ring (bicyclic) bond motifs is 3. The first-order valence-electron chi connectivity index (χ1n) is 9.18. The summed E-state index contributed by atoms with van der Waals surface area (Å²) < 4.78 is 22.2. The van der Waals surface area contributed by atoms with E-state index in [9.17, 15) is 8.76 Å².